The van der Waals surface area contributed by atoms with Gasteiger partial charge >= 0.3 is 0 Å². The molecule has 3 atom stereocenters. The van der Waals surface area contributed by atoms with Crippen molar-refractivity contribution >= 4 is 0 Å². The first-order valence-corrected chi connectivity index (χ1v) is 7.23. The molecule has 0 saturated heterocycles. The lowest BCUT2D eigenvalue weighted by atomic mass is 10.1. The maximum absolute atomic E-state index is 8.96. The molecule has 1 aliphatic rings. The van der Waals surface area contributed by atoms with E-state index in [1.165, 1.54) is 32.1 Å². The van der Waals surface area contributed by atoms with Gasteiger partial charge in [0.05, 0.1) is 0 Å². The average molecular weight is 246 g/mol. The molecule has 0 aromatic rings. The molecular formula is C17H26O. The van der Waals surface area contributed by atoms with E-state index in [-0.39, 0.29) is 0 Å². The molecule has 0 amide bonds. The quantitative estimate of drug-likeness (QED) is 0.407. The summed E-state index contributed by atoms with van der Waals surface area (Å²) < 4.78 is 0. The average Bonchev–Trinajstić information content (AvgIpc) is 3.07. The summed E-state index contributed by atoms with van der Waals surface area (Å²) >= 11 is 0. The normalized spacial score (nSPS) is 24.2. The zero-order chi connectivity index (χ0) is 13.2. The van der Waals surface area contributed by atoms with Crippen LogP contribution in [0.4, 0.5) is 0 Å². The van der Waals surface area contributed by atoms with Gasteiger partial charge in [0.1, 0.15) is 6.10 Å². The fraction of sp³-hybridized carbons (Fsp3) is 0.647. The van der Waals surface area contributed by atoms with Crippen molar-refractivity contribution in [2.75, 3.05) is 0 Å². The van der Waals surface area contributed by atoms with Gasteiger partial charge in [-0.25, -0.2) is 0 Å². The molecule has 0 unspecified atom stereocenters. The molecule has 0 radical (unpaired) electrons. The Labute approximate surface area is 112 Å². The standard InChI is InChI=1S/C17H26O/c1-3-4-5-6-9-12-16-14-17(16)13-10-7-8-11-15(2)18/h6-7,9-10,15-18H,3-5,12-14H2,1-2H3/b9-6-,10-7-/t15-,16-,17-/m1/s1. The predicted molar refractivity (Wildman–Crippen MR) is 78.1 cm³/mol. The van der Waals surface area contributed by atoms with E-state index < -0.39 is 6.10 Å². The minimum atomic E-state index is -0.517. The van der Waals surface area contributed by atoms with Crippen molar-refractivity contribution in [1.82, 2.24) is 0 Å². The lowest BCUT2D eigenvalue weighted by Gasteiger charge is -1.92. The van der Waals surface area contributed by atoms with Crippen LogP contribution in [-0.4, -0.2) is 11.2 Å². The Hall–Kier alpha value is -1.00. The molecule has 1 fully saturated rings. The fourth-order valence-electron chi connectivity index (χ4n) is 2.07. The topological polar surface area (TPSA) is 20.2 Å². The van der Waals surface area contributed by atoms with E-state index in [1.807, 2.05) is 6.08 Å². The van der Waals surface area contributed by atoms with Gasteiger partial charge in [-0.15, -0.1) is 0 Å². The number of aliphatic hydroxyl groups excluding tert-OH is 1. The first-order valence-electron chi connectivity index (χ1n) is 7.23. The molecule has 0 bridgehead atoms. The van der Waals surface area contributed by atoms with Gasteiger partial charge in [-0.2, -0.15) is 0 Å². The van der Waals surface area contributed by atoms with Gasteiger partial charge in [0.25, 0.3) is 0 Å². The molecule has 0 aromatic heterocycles. The molecule has 1 nitrogen and oxygen atoms in total. The Kier molecular flexibility index (Phi) is 7.53. The maximum Gasteiger partial charge on any atom is 0.112 e. The van der Waals surface area contributed by atoms with E-state index in [2.05, 4.69) is 37.0 Å². The van der Waals surface area contributed by atoms with Crippen LogP contribution >= 0.6 is 0 Å². The van der Waals surface area contributed by atoms with E-state index in [0.29, 0.717) is 0 Å². The predicted octanol–water partition coefficient (Wildman–Crippen LogP) is 4.09. The van der Waals surface area contributed by atoms with Crippen molar-refractivity contribution in [1.29, 1.82) is 0 Å². The van der Waals surface area contributed by atoms with Gasteiger partial charge in [-0.1, -0.05) is 49.8 Å². The number of rotatable bonds is 7. The van der Waals surface area contributed by atoms with Crippen LogP contribution in [0.3, 0.4) is 0 Å². The summed E-state index contributed by atoms with van der Waals surface area (Å²) in [5.41, 5.74) is 0. The first-order chi connectivity index (χ1) is 8.74. The van der Waals surface area contributed by atoms with Gasteiger partial charge in [0.2, 0.25) is 0 Å². The monoisotopic (exact) mass is 246 g/mol. The Bertz CT molecular complexity index is 327. The highest BCUT2D eigenvalue weighted by molar-refractivity contribution is 5.17. The summed E-state index contributed by atoms with van der Waals surface area (Å²) in [6.45, 7) is 3.92. The molecule has 0 aliphatic heterocycles. The number of aliphatic hydroxyl groups is 1. The fourth-order valence-corrected chi connectivity index (χ4v) is 2.07. The van der Waals surface area contributed by atoms with Gasteiger partial charge in [0.15, 0.2) is 0 Å². The van der Waals surface area contributed by atoms with Crippen LogP contribution in [0, 0.1) is 23.7 Å². The SMILES string of the molecule is CCCC/C=C\C[C@@H]1C[C@H]1C/C=C\C#C[C@@H](C)O. The molecule has 100 valence electrons. The van der Waals surface area contributed by atoms with Crippen LogP contribution < -0.4 is 0 Å². The number of hydrogen-bond donors (Lipinski definition) is 1. The summed E-state index contributed by atoms with van der Waals surface area (Å²) in [5, 5.41) is 8.96. The molecule has 0 aromatic carbocycles. The Morgan fingerprint density at radius 3 is 2.61 bits per heavy atom. The third-order valence-electron chi connectivity index (χ3n) is 3.33. The molecule has 1 N–H and O–H groups in total. The minimum Gasteiger partial charge on any atom is -0.381 e. The number of allylic oxidation sites excluding steroid dienone is 4. The summed E-state index contributed by atoms with van der Waals surface area (Å²) in [7, 11) is 0. The van der Waals surface area contributed by atoms with Gasteiger partial charge < -0.3 is 5.11 Å². The van der Waals surface area contributed by atoms with Gasteiger partial charge in [-0.05, 0) is 50.5 Å². The van der Waals surface area contributed by atoms with Crippen LogP contribution in [0.5, 0.6) is 0 Å². The molecule has 1 saturated carbocycles. The minimum absolute atomic E-state index is 0.517. The highest BCUT2D eigenvalue weighted by Gasteiger charge is 2.34. The highest BCUT2D eigenvalue weighted by Crippen LogP contribution is 2.44. The summed E-state index contributed by atoms with van der Waals surface area (Å²) in [4.78, 5) is 0. The van der Waals surface area contributed by atoms with E-state index in [9.17, 15) is 0 Å². The van der Waals surface area contributed by atoms with Crippen LogP contribution in [0.15, 0.2) is 24.3 Å². The zero-order valence-corrected chi connectivity index (χ0v) is 11.7. The first kappa shape index (κ1) is 15.1. The number of hydrogen-bond acceptors (Lipinski definition) is 1. The van der Waals surface area contributed by atoms with Gasteiger partial charge in [0, 0.05) is 0 Å². The van der Waals surface area contributed by atoms with E-state index in [0.717, 1.165) is 18.3 Å². The molecule has 0 heterocycles. The number of unbranched alkanes of at least 4 members (excludes halogenated alkanes) is 2. The largest absolute Gasteiger partial charge is 0.381 e. The van der Waals surface area contributed by atoms with Crippen molar-refractivity contribution in [2.24, 2.45) is 11.8 Å². The van der Waals surface area contributed by atoms with Crippen molar-refractivity contribution in [3.05, 3.63) is 24.3 Å². The van der Waals surface area contributed by atoms with Crippen LogP contribution in [0.2, 0.25) is 0 Å². The van der Waals surface area contributed by atoms with Gasteiger partial charge in [-0.3, -0.25) is 0 Å². The summed E-state index contributed by atoms with van der Waals surface area (Å²) in [5.74, 6) is 7.33. The smallest absolute Gasteiger partial charge is 0.112 e. The van der Waals surface area contributed by atoms with Crippen LogP contribution in [0.25, 0.3) is 0 Å². The van der Waals surface area contributed by atoms with Crippen LogP contribution in [0.1, 0.15) is 52.4 Å². The second kappa shape index (κ2) is 9.00. The summed E-state index contributed by atoms with van der Waals surface area (Å²) in [6.07, 6.45) is 15.8. The second-order valence-electron chi connectivity index (χ2n) is 5.21. The van der Waals surface area contributed by atoms with Crippen molar-refractivity contribution in [3.8, 4) is 11.8 Å². The highest BCUT2D eigenvalue weighted by atomic mass is 16.3. The molecular weight excluding hydrogens is 220 g/mol. The van der Waals surface area contributed by atoms with Crippen molar-refractivity contribution in [2.45, 2.75) is 58.5 Å². The van der Waals surface area contributed by atoms with E-state index in [1.54, 1.807) is 6.92 Å². The molecule has 1 heteroatoms. The Balaban J connectivity index is 2.04. The Morgan fingerprint density at radius 1 is 1.22 bits per heavy atom. The molecule has 1 rings (SSSR count). The van der Waals surface area contributed by atoms with E-state index >= 15 is 0 Å². The molecule has 1 aliphatic carbocycles. The third-order valence-corrected chi connectivity index (χ3v) is 3.33. The lowest BCUT2D eigenvalue weighted by molar-refractivity contribution is 0.253. The lowest BCUT2D eigenvalue weighted by Crippen LogP contribution is -1.91. The maximum atomic E-state index is 8.96. The third kappa shape index (κ3) is 7.35. The van der Waals surface area contributed by atoms with Crippen molar-refractivity contribution in [3.63, 3.8) is 0 Å². The zero-order valence-electron chi connectivity index (χ0n) is 11.7. The molecule has 0 spiro atoms. The van der Waals surface area contributed by atoms with Crippen molar-refractivity contribution < 1.29 is 5.11 Å². The second-order valence-corrected chi connectivity index (χ2v) is 5.21. The van der Waals surface area contributed by atoms with Crippen LogP contribution in [-0.2, 0) is 0 Å². The Morgan fingerprint density at radius 2 is 1.94 bits per heavy atom. The van der Waals surface area contributed by atoms with E-state index in [4.69, 9.17) is 5.11 Å². The molecule has 18 heavy (non-hydrogen) atoms. The summed E-state index contributed by atoms with van der Waals surface area (Å²) in [6, 6.07) is 0.